The molecule has 0 aromatic heterocycles. The van der Waals surface area contributed by atoms with Gasteiger partial charge in [-0.05, 0) is 31.0 Å². The molecule has 1 aliphatic heterocycles. The SMILES string of the molecule is CCC(CO)NC(=O)NC1CCN(c2cccc(Cl)c2)C1. The summed E-state index contributed by atoms with van der Waals surface area (Å²) in [6, 6.07) is 7.45. The van der Waals surface area contributed by atoms with E-state index in [1.807, 2.05) is 31.2 Å². The lowest BCUT2D eigenvalue weighted by atomic mass is 10.2. The number of carbonyl (C=O) groups is 1. The summed E-state index contributed by atoms with van der Waals surface area (Å²) in [5, 5.41) is 15.5. The highest BCUT2D eigenvalue weighted by atomic mass is 35.5. The van der Waals surface area contributed by atoms with Crippen LogP contribution in [0.15, 0.2) is 24.3 Å². The summed E-state index contributed by atoms with van der Waals surface area (Å²) in [6.45, 7) is 3.55. The van der Waals surface area contributed by atoms with E-state index in [-0.39, 0.29) is 24.7 Å². The predicted octanol–water partition coefficient (Wildman–Crippen LogP) is 1.99. The number of aliphatic hydroxyl groups excluding tert-OH is 1. The van der Waals surface area contributed by atoms with Crippen LogP contribution in [0, 0.1) is 0 Å². The number of hydrogen-bond donors (Lipinski definition) is 3. The number of nitrogens with zero attached hydrogens (tertiary/aromatic N) is 1. The van der Waals surface area contributed by atoms with E-state index in [4.69, 9.17) is 16.7 Å². The molecule has 1 aromatic rings. The van der Waals surface area contributed by atoms with Gasteiger partial charge in [0.1, 0.15) is 0 Å². The van der Waals surface area contributed by atoms with Crippen LogP contribution in [-0.4, -0.2) is 42.9 Å². The third kappa shape index (κ3) is 4.51. The fourth-order valence-corrected chi connectivity index (χ4v) is 2.66. The summed E-state index contributed by atoms with van der Waals surface area (Å²) in [5.74, 6) is 0. The fourth-order valence-electron chi connectivity index (χ4n) is 2.47. The summed E-state index contributed by atoms with van der Waals surface area (Å²) < 4.78 is 0. The van der Waals surface area contributed by atoms with Gasteiger partial charge in [0.05, 0.1) is 12.6 Å². The van der Waals surface area contributed by atoms with Gasteiger partial charge in [0.2, 0.25) is 0 Å². The van der Waals surface area contributed by atoms with Crippen molar-refractivity contribution in [3.8, 4) is 0 Å². The summed E-state index contributed by atoms with van der Waals surface area (Å²) in [5.41, 5.74) is 1.08. The largest absolute Gasteiger partial charge is 0.394 e. The topological polar surface area (TPSA) is 64.6 Å². The Morgan fingerprint density at radius 2 is 2.38 bits per heavy atom. The van der Waals surface area contributed by atoms with E-state index in [1.165, 1.54) is 0 Å². The van der Waals surface area contributed by atoms with Gasteiger partial charge in [0.15, 0.2) is 0 Å². The average Bonchev–Trinajstić information content (AvgIpc) is 2.93. The molecule has 1 fully saturated rings. The average molecular weight is 312 g/mol. The van der Waals surface area contributed by atoms with Gasteiger partial charge >= 0.3 is 6.03 Å². The minimum Gasteiger partial charge on any atom is -0.394 e. The lowest BCUT2D eigenvalue weighted by molar-refractivity contribution is 0.212. The Morgan fingerprint density at radius 1 is 1.57 bits per heavy atom. The summed E-state index contributed by atoms with van der Waals surface area (Å²) in [7, 11) is 0. The smallest absolute Gasteiger partial charge is 0.315 e. The van der Waals surface area contributed by atoms with Crippen molar-refractivity contribution in [2.45, 2.75) is 31.8 Å². The first-order valence-electron chi connectivity index (χ1n) is 7.30. The van der Waals surface area contributed by atoms with Crippen molar-refractivity contribution in [2.75, 3.05) is 24.6 Å². The van der Waals surface area contributed by atoms with Crippen molar-refractivity contribution in [1.82, 2.24) is 10.6 Å². The minimum absolute atomic E-state index is 0.0385. The summed E-state index contributed by atoms with van der Waals surface area (Å²) in [4.78, 5) is 14.1. The van der Waals surface area contributed by atoms with Crippen LogP contribution in [0.3, 0.4) is 0 Å². The Kier molecular flexibility index (Phi) is 5.70. The first-order chi connectivity index (χ1) is 10.1. The molecule has 2 amide bonds. The standard InChI is InChI=1S/C15H22ClN3O2/c1-2-12(10-20)17-15(21)18-13-6-7-19(9-13)14-5-3-4-11(16)8-14/h3-5,8,12-13,20H,2,6-7,9-10H2,1H3,(H2,17,18,21). The molecular formula is C15H22ClN3O2. The van der Waals surface area contributed by atoms with Crippen LogP contribution in [0.2, 0.25) is 5.02 Å². The maximum Gasteiger partial charge on any atom is 0.315 e. The van der Waals surface area contributed by atoms with E-state index in [9.17, 15) is 4.79 Å². The van der Waals surface area contributed by atoms with E-state index < -0.39 is 0 Å². The molecular weight excluding hydrogens is 290 g/mol. The Balaban J connectivity index is 1.84. The van der Waals surface area contributed by atoms with E-state index in [0.717, 1.165) is 30.2 Å². The molecule has 0 spiro atoms. The van der Waals surface area contributed by atoms with E-state index in [1.54, 1.807) is 0 Å². The fraction of sp³-hybridized carbons (Fsp3) is 0.533. The zero-order valence-electron chi connectivity index (χ0n) is 12.2. The van der Waals surface area contributed by atoms with Crippen molar-refractivity contribution in [3.05, 3.63) is 29.3 Å². The number of benzene rings is 1. The molecule has 0 aliphatic carbocycles. The highest BCUT2D eigenvalue weighted by Crippen LogP contribution is 2.23. The monoisotopic (exact) mass is 311 g/mol. The molecule has 3 N–H and O–H groups in total. The highest BCUT2D eigenvalue weighted by Gasteiger charge is 2.24. The van der Waals surface area contributed by atoms with Gasteiger partial charge in [0.25, 0.3) is 0 Å². The van der Waals surface area contributed by atoms with Crippen LogP contribution in [0.1, 0.15) is 19.8 Å². The number of rotatable bonds is 5. The number of amides is 2. The molecule has 2 unspecified atom stereocenters. The van der Waals surface area contributed by atoms with Crippen molar-refractivity contribution in [3.63, 3.8) is 0 Å². The lowest BCUT2D eigenvalue weighted by Crippen LogP contribution is -2.48. The Morgan fingerprint density at radius 3 is 3.05 bits per heavy atom. The highest BCUT2D eigenvalue weighted by molar-refractivity contribution is 6.30. The van der Waals surface area contributed by atoms with E-state index in [2.05, 4.69) is 15.5 Å². The van der Waals surface area contributed by atoms with Crippen molar-refractivity contribution in [2.24, 2.45) is 0 Å². The summed E-state index contributed by atoms with van der Waals surface area (Å²) >= 11 is 6.00. The quantitative estimate of drug-likeness (QED) is 0.779. The normalized spacial score (nSPS) is 19.4. The van der Waals surface area contributed by atoms with Crippen LogP contribution in [-0.2, 0) is 0 Å². The second-order valence-electron chi connectivity index (χ2n) is 5.32. The molecule has 1 heterocycles. The third-order valence-electron chi connectivity index (χ3n) is 3.75. The Hall–Kier alpha value is -1.46. The van der Waals surface area contributed by atoms with Gasteiger partial charge in [-0.25, -0.2) is 4.79 Å². The van der Waals surface area contributed by atoms with Gasteiger partial charge in [-0.1, -0.05) is 24.6 Å². The Labute approximate surface area is 130 Å². The number of nitrogens with one attached hydrogen (secondary N) is 2. The number of anilines is 1. The van der Waals surface area contributed by atoms with Crippen LogP contribution in [0.25, 0.3) is 0 Å². The first kappa shape index (κ1) is 15.9. The molecule has 0 saturated carbocycles. The van der Waals surface area contributed by atoms with Gasteiger partial charge in [-0.15, -0.1) is 0 Å². The van der Waals surface area contributed by atoms with E-state index >= 15 is 0 Å². The van der Waals surface area contributed by atoms with Crippen molar-refractivity contribution >= 4 is 23.3 Å². The molecule has 6 heteroatoms. The van der Waals surface area contributed by atoms with Crippen LogP contribution >= 0.6 is 11.6 Å². The third-order valence-corrected chi connectivity index (χ3v) is 3.98. The van der Waals surface area contributed by atoms with E-state index in [0.29, 0.717) is 6.42 Å². The molecule has 5 nitrogen and oxygen atoms in total. The second kappa shape index (κ2) is 7.52. The molecule has 0 bridgehead atoms. The second-order valence-corrected chi connectivity index (χ2v) is 5.75. The van der Waals surface area contributed by atoms with Gasteiger partial charge in [0, 0.05) is 29.8 Å². The molecule has 21 heavy (non-hydrogen) atoms. The molecule has 1 saturated heterocycles. The maximum atomic E-state index is 11.9. The number of carbonyl (C=O) groups excluding carboxylic acids is 1. The van der Waals surface area contributed by atoms with Crippen molar-refractivity contribution in [1.29, 1.82) is 0 Å². The molecule has 0 radical (unpaired) electrons. The zero-order valence-corrected chi connectivity index (χ0v) is 12.9. The molecule has 2 atom stereocenters. The number of hydrogen-bond acceptors (Lipinski definition) is 3. The maximum absolute atomic E-state index is 11.9. The van der Waals surface area contributed by atoms with Gasteiger partial charge < -0.3 is 20.6 Å². The van der Waals surface area contributed by atoms with Gasteiger partial charge in [-0.2, -0.15) is 0 Å². The molecule has 1 aromatic carbocycles. The predicted molar refractivity (Wildman–Crippen MR) is 84.9 cm³/mol. The molecule has 2 rings (SSSR count). The minimum atomic E-state index is -0.214. The lowest BCUT2D eigenvalue weighted by Gasteiger charge is -2.20. The Bertz CT molecular complexity index is 480. The summed E-state index contributed by atoms with van der Waals surface area (Å²) in [6.07, 6.45) is 1.61. The molecule has 1 aliphatic rings. The van der Waals surface area contributed by atoms with Crippen LogP contribution in [0.5, 0.6) is 0 Å². The number of halogens is 1. The number of aliphatic hydroxyl groups is 1. The van der Waals surface area contributed by atoms with Crippen LogP contribution in [0.4, 0.5) is 10.5 Å². The van der Waals surface area contributed by atoms with Crippen molar-refractivity contribution < 1.29 is 9.90 Å². The van der Waals surface area contributed by atoms with Gasteiger partial charge in [-0.3, -0.25) is 0 Å². The molecule has 116 valence electrons. The van der Waals surface area contributed by atoms with Crippen LogP contribution < -0.4 is 15.5 Å². The zero-order chi connectivity index (χ0) is 15.2. The first-order valence-corrected chi connectivity index (χ1v) is 7.68. The number of urea groups is 1.